The van der Waals surface area contributed by atoms with E-state index < -0.39 is 22.9 Å². The fraction of sp³-hybridized carbons (Fsp3) is 0.111. The molecule has 10 heteroatoms. The van der Waals surface area contributed by atoms with Crippen molar-refractivity contribution >= 4 is 46.5 Å². The maximum Gasteiger partial charge on any atom is 0.319 e. The predicted molar refractivity (Wildman–Crippen MR) is 105 cm³/mol. The Bertz CT molecular complexity index is 1020. The molecule has 2 aromatic rings. The monoisotopic (exact) mass is 420 g/mol. The number of nitro groups is 1. The normalized spacial score (nSPS) is 16.2. The number of rotatable bonds is 4. The highest BCUT2D eigenvalue weighted by Gasteiger charge is 2.32. The molecule has 0 aromatic heterocycles. The average Bonchev–Trinajstić information content (AvgIpc) is 2.63. The summed E-state index contributed by atoms with van der Waals surface area (Å²) in [7, 11) is 0. The number of hydrogen-bond acceptors (Lipinski definition) is 4. The van der Waals surface area contributed by atoms with Crippen LogP contribution >= 0.6 is 23.2 Å². The Morgan fingerprint density at radius 1 is 1.18 bits per heavy atom. The lowest BCUT2D eigenvalue weighted by Crippen LogP contribution is -2.46. The molecule has 1 heterocycles. The first-order valence-corrected chi connectivity index (χ1v) is 8.81. The minimum Gasteiger partial charge on any atom is -0.327 e. The number of carbonyl (C=O) groups is 2. The van der Waals surface area contributed by atoms with E-state index in [0.717, 1.165) is 0 Å². The van der Waals surface area contributed by atoms with Crippen molar-refractivity contribution in [2.24, 2.45) is 0 Å². The molecule has 1 atom stereocenters. The number of allylic oxidation sites excluding steroid dienone is 1. The second-order valence-corrected chi connectivity index (χ2v) is 6.79. The van der Waals surface area contributed by atoms with Crippen molar-refractivity contribution in [1.29, 1.82) is 0 Å². The van der Waals surface area contributed by atoms with Gasteiger partial charge in [0.05, 0.1) is 27.2 Å². The largest absolute Gasteiger partial charge is 0.327 e. The van der Waals surface area contributed by atoms with Gasteiger partial charge in [-0.1, -0.05) is 41.4 Å². The number of halogens is 2. The summed E-state index contributed by atoms with van der Waals surface area (Å²) < 4.78 is 0. The van der Waals surface area contributed by atoms with E-state index in [1.807, 2.05) is 0 Å². The second kappa shape index (κ2) is 7.87. The minimum atomic E-state index is -0.910. The summed E-state index contributed by atoms with van der Waals surface area (Å²) in [5.74, 6) is -0.513. The smallest absolute Gasteiger partial charge is 0.319 e. The van der Waals surface area contributed by atoms with Crippen LogP contribution in [-0.4, -0.2) is 16.9 Å². The molecule has 0 saturated carbocycles. The summed E-state index contributed by atoms with van der Waals surface area (Å²) in [6.07, 6.45) is 0. The molecule has 2 aromatic carbocycles. The van der Waals surface area contributed by atoms with E-state index in [-0.39, 0.29) is 16.3 Å². The van der Waals surface area contributed by atoms with E-state index in [1.165, 1.54) is 18.2 Å². The second-order valence-electron chi connectivity index (χ2n) is 5.97. The molecule has 28 heavy (non-hydrogen) atoms. The van der Waals surface area contributed by atoms with Gasteiger partial charge in [0.15, 0.2) is 0 Å². The number of para-hydroxylation sites is 1. The molecule has 0 bridgehead atoms. The number of anilines is 1. The van der Waals surface area contributed by atoms with Crippen LogP contribution in [-0.2, 0) is 4.79 Å². The van der Waals surface area contributed by atoms with Gasteiger partial charge >= 0.3 is 6.03 Å². The van der Waals surface area contributed by atoms with Gasteiger partial charge in [0.2, 0.25) is 0 Å². The van der Waals surface area contributed by atoms with Crippen molar-refractivity contribution in [2.45, 2.75) is 13.0 Å². The van der Waals surface area contributed by atoms with Crippen molar-refractivity contribution in [3.63, 3.8) is 0 Å². The lowest BCUT2D eigenvalue weighted by Gasteiger charge is -2.28. The molecule has 3 rings (SSSR count). The first kappa shape index (κ1) is 19.7. The van der Waals surface area contributed by atoms with Gasteiger partial charge in [-0.15, -0.1) is 0 Å². The van der Waals surface area contributed by atoms with Gasteiger partial charge in [0, 0.05) is 11.8 Å². The van der Waals surface area contributed by atoms with Gasteiger partial charge in [-0.25, -0.2) is 4.79 Å². The molecule has 0 spiro atoms. The van der Waals surface area contributed by atoms with Gasteiger partial charge < -0.3 is 16.0 Å². The van der Waals surface area contributed by atoms with Gasteiger partial charge in [-0.2, -0.15) is 0 Å². The first-order chi connectivity index (χ1) is 13.3. The van der Waals surface area contributed by atoms with E-state index in [9.17, 15) is 19.7 Å². The van der Waals surface area contributed by atoms with Crippen molar-refractivity contribution in [1.82, 2.24) is 10.6 Å². The Hall–Kier alpha value is -3.10. The Kier molecular flexibility index (Phi) is 5.53. The maximum absolute atomic E-state index is 12.9. The van der Waals surface area contributed by atoms with Crippen molar-refractivity contribution in [2.75, 3.05) is 5.32 Å². The highest BCUT2D eigenvalue weighted by Crippen LogP contribution is 2.33. The molecular formula is C18H14Cl2N4O4. The van der Waals surface area contributed by atoms with E-state index in [0.29, 0.717) is 22.0 Å². The summed E-state index contributed by atoms with van der Waals surface area (Å²) in [5.41, 5.74) is 0.921. The number of carbonyl (C=O) groups excluding carboxylic acids is 2. The number of nitro benzene ring substituents is 1. The third-order valence-corrected chi connectivity index (χ3v) is 4.79. The van der Waals surface area contributed by atoms with Gasteiger partial charge in [-0.3, -0.25) is 14.9 Å². The van der Waals surface area contributed by atoms with Gasteiger partial charge in [0.1, 0.15) is 5.02 Å². The van der Waals surface area contributed by atoms with Crippen LogP contribution < -0.4 is 16.0 Å². The molecule has 3 N–H and O–H groups in total. The fourth-order valence-electron chi connectivity index (χ4n) is 2.85. The molecule has 0 aliphatic carbocycles. The number of nitrogens with zero attached hydrogens (tertiary/aromatic N) is 1. The van der Waals surface area contributed by atoms with Crippen LogP contribution in [0.4, 0.5) is 16.2 Å². The van der Waals surface area contributed by atoms with Crippen molar-refractivity contribution in [3.8, 4) is 0 Å². The zero-order chi connectivity index (χ0) is 20.4. The van der Waals surface area contributed by atoms with Gasteiger partial charge in [-0.05, 0) is 30.7 Å². The van der Waals surface area contributed by atoms with Crippen molar-refractivity contribution < 1.29 is 14.5 Å². The number of nitrogens with one attached hydrogen (secondary N) is 3. The number of amides is 3. The molecule has 1 aliphatic heterocycles. The molecule has 144 valence electrons. The highest BCUT2D eigenvalue weighted by atomic mass is 35.5. The van der Waals surface area contributed by atoms with E-state index in [4.69, 9.17) is 23.2 Å². The van der Waals surface area contributed by atoms with E-state index in [2.05, 4.69) is 16.0 Å². The lowest BCUT2D eigenvalue weighted by molar-refractivity contribution is -0.384. The van der Waals surface area contributed by atoms with Crippen LogP contribution in [0.5, 0.6) is 0 Å². The standard InChI is InChI=1S/C18H14Cl2N4O4/c1-9-15(17(25)22-13-5-3-2-4-11(13)19)16(23-18(26)21-9)10-6-7-12(20)14(8-10)24(27)28/h2-8,16H,1H3,(H,22,25)(H2,21,23,26)/t16-/m1/s1. The minimum absolute atomic E-state index is 0.0446. The molecule has 3 amide bonds. The molecule has 0 saturated heterocycles. The number of hydrogen-bond donors (Lipinski definition) is 3. The van der Waals surface area contributed by atoms with Crippen LogP contribution in [0, 0.1) is 10.1 Å². The molecule has 0 unspecified atom stereocenters. The molecule has 0 fully saturated rings. The van der Waals surface area contributed by atoms with Crippen molar-refractivity contribution in [3.05, 3.63) is 79.5 Å². The van der Waals surface area contributed by atoms with Crippen LogP contribution in [0.1, 0.15) is 18.5 Å². The van der Waals surface area contributed by atoms with Crippen LogP contribution in [0.3, 0.4) is 0 Å². The van der Waals surface area contributed by atoms with Crippen LogP contribution in [0.2, 0.25) is 10.0 Å². The fourth-order valence-corrected chi connectivity index (χ4v) is 3.22. The SMILES string of the molecule is CC1=C(C(=O)Nc2ccccc2Cl)[C@@H](c2ccc(Cl)c([N+](=O)[O-])c2)NC(=O)N1. The molecule has 8 nitrogen and oxygen atoms in total. The highest BCUT2D eigenvalue weighted by molar-refractivity contribution is 6.34. The zero-order valence-corrected chi connectivity index (χ0v) is 16.0. The Morgan fingerprint density at radius 3 is 2.57 bits per heavy atom. The summed E-state index contributed by atoms with van der Waals surface area (Å²) in [4.78, 5) is 35.4. The average molecular weight is 421 g/mol. The quantitative estimate of drug-likeness (QED) is 0.508. The first-order valence-electron chi connectivity index (χ1n) is 8.06. The number of benzene rings is 2. The molecule has 0 radical (unpaired) electrons. The Balaban J connectivity index is 2.02. The number of urea groups is 1. The summed E-state index contributed by atoms with van der Waals surface area (Å²) in [6, 6.07) is 9.34. The third kappa shape index (κ3) is 3.92. The van der Waals surface area contributed by atoms with Gasteiger partial charge in [0.25, 0.3) is 11.6 Å². The summed E-state index contributed by atoms with van der Waals surface area (Å²) in [5, 5.41) is 19.3. The predicted octanol–water partition coefficient (Wildman–Crippen LogP) is 4.17. The Morgan fingerprint density at radius 2 is 1.89 bits per heavy atom. The van der Waals surface area contributed by atoms with E-state index >= 15 is 0 Å². The molecule has 1 aliphatic rings. The van der Waals surface area contributed by atoms with Crippen LogP contribution in [0.15, 0.2) is 53.7 Å². The van der Waals surface area contributed by atoms with E-state index in [1.54, 1.807) is 31.2 Å². The maximum atomic E-state index is 12.9. The Labute approximate surface area is 169 Å². The summed E-state index contributed by atoms with van der Waals surface area (Å²) in [6.45, 7) is 1.57. The molecular weight excluding hydrogens is 407 g/mol. The lowest BCUT2D eigenvalue weighted by atomic mass is 9.94. The zero-order valence-electron chi connectivity index (χ0n) is 14.5. The van der Waals surface area contributed by atoms with Crippen LogP contribution in [0.25, 0.3) is 0 Å². The topological polar surface area (TPSA) is 113 Å². The third-order valence-electron chi connectivity index (χ3n) is 4.14. The summed E-state index contributed by atoms with van der Waals surface area (Å²) >= 11 is 12.0.